The van der Waals surface area contributed by atoms with Crippen LogP contribution in [-0.4, -0.2) is 11.0 Å². The van der Waals surface area contributed by atoms with Crippen molar-refractivity contribution >= 4 is 5.69 Å². The highest BCUT2D eigenvalue weighted by Crippen LogP contribution is 2.25. The van der Waals surface area contributed by atoms with Crippen molar-refractivity contribution in [1.29, 1.82) is 0 Å². The average Bonchev–Trinajstić information content (AvgIpc) is 2.80. The molecule has 0 N–H and O–H groups in total. The van der Waals surface area contributed by atoms with E-state index in [1.54, 1.807) is 0 Å². The van der Waals surface area contributed by atoms with Gasteiger partial charge in [0.25, 0.3) is 0 Å². The van der Waals surface area contributed by atoms with Crippen molar-refractivity contribution in [2.75, 3.05) is 0 Å². The van der Waals surface area contributed by atoms with Crippen molar-refractivity contribution in [1.82, 2.24) is 0 Å². The number of hydrogen-bond acceptors (Lipinski definition) is 3. The molecule has 0 heterocycles. The molecular weight excluding hydrogens is 225 g/mol. The van der Waals surface area contributed by atoms with Gasteiger partial charge in [-0.2, -0.15) is 4.39 Å². The molecule has 0 amide bonds. The van der Waals surface area contributed by atoms with Gasteiger partial charge in [-0.05, 0) is 12.8 Å². The molecular formula is C12H14FNO3. The van der Waals surface area contributed by atoms with Crippen LogP contribution < -0.4 is 0 Å². The zero-order chi connectivity index (χ0) is 12.3. The van der Waals surface area contributed by atoms with Gasteiger partial charge in [0, 0.05) is 11.6 Å². The van der Waals surface area contributed by atoms with Gasteiger partial charge in [0.1, 0.15) is 0 Å². The van der Waals surface area contributed by atoms with Crippen LogP contribution in [0, 0.1) is 15.9 Å². The first-order chi connectivity index (χ1) is 8.18. The lowest BCUT2D eigenvalue weighted by atomic mass is 10.2. The molecule has 17 heavy (non-hydrogen) atoms. The molecule has 0 unspecified atom stereocenters. The van der Waals surface area contributed by atoms with Crippen molar-refractivity contribution in [3.63, 3.8) is 0 Å². The molecule has 1 aromatic rings. The van der Waals surface area contributed by atoms with Gasteiger partial charge in [-0.3, -0.25) is 10.1 Å². The van der Waals surface area contributed by atoms with Gasteiger partial charge in [0.15, 0.2) is 0 Å². The fraction of sp³-hybridized carbons (Fsp3) is 0.500. The monoisotopic (exact) mass is 239 g/mol. The summed E-state index contributed by atoms with van der Waals surface area (Å²) in [7, 11) is 0. The van der Waals surface area contributed by atoms with E-state index in [4.69, 9.17) is 4.74 Å². The topological polar surface area (TPSA) is 52.4 Å². The Labute approximate surface area is 98.5 Å². The van der Waals surface area contributed by atoms with Crippen LogP contribution in [0.4, 0.5) is 10.1 Å². The molecule has 4 nitrogen and oxygen atoms in total. The zero-order valence-electron chi connectivity index (χ0n) is 9.39. The summed E-state index contributed by atoms with van der Waals surface area (Å²) in [6, 6.07) is 4.17. The second-order valence-electron chi connectivity index (χ2n) is 4.22. The summed E-state index contributed by atoms with van der Waals surface area (Å²) in [5, 5.41) is 10.6. The fourth-order valence-electron chi connectivity index (χ4n) is 2.08. The van der Waals surface area contributed by atoms with E-state index in [0.29, 0.717) is 0 Å². The molecule has 5 heteroatoms. The molecule has 0 saturated heterocycles. The maximum Gasteiger partial charge on any atom is 0.305 e. The molecule has 0 radical (unpaired) electrons. The van der Waals surface area contributed by atoms with E-state index >= 15 is 0 Å². The van der Waals surface area contributed by atoms with E-state index in [-0.39, 0.29) is 18.3 Å². The van der Waals surface area contributed by atoms with E-state index in [2.05, 4.69) is 0 Å². The first-order valence-corrected chi connectivity index (χ1v) is 5.72. The van der Waals surface area contributed by atoms with Gasteiger partial charge in [0.05, 0.1) is 17.6 Å². The lowest BCUT2D eigenvalue weighted by Crippen LogP contribution is -2.08. The predicted molar refractivity (Wildman–Crippen MR) is 60.1 cm³/mol. The number of benzene rings is 1. The Morgan fingerprint density at radius 1 is 1.41 bits per heavy atom. The molecule has 0 spiro atoms. The van der Waals surface area contributed by atoms with Crippen LogP contribution in [0.5, 0.6) is 0 Å². The predicted octanol–water partition coefficient (Wildman–Crippen LogP) is 3.19. The van der Waals surface area contributed by atoms with Gasteiger partial charge >= 0.3 is 5.69 Å². The van der Waals surface area contributed by atoms with Gasteiger partial charge in [-0.1, -0.05) is 25.0 Å². The molecule has 0 aliphatic heterocycles. The summed E-state index contributed by atoms with van der Waals surface area (Å²) >= 11 is 0. The SMILES string of the molecule is O=[N+]([O-])c1cccc(COC2CCCC2)c1F. The van der Waals surface area contributed by atoms with Crippen molar-refractivity contribution in [2.45, 2.75) is 38.4 Å². The average molecular weight is 239 g/mol. The summed E-state index contributed by atoms with van der Waals surface area (Å²) in [5.74, 6) is -0.782. The molecule has 1 fully saturated rings. The number of nitro benzene ring substituents is 1. The highest BCUT2D eigenvalue weighted by Gasteiger charge is 2.19. The number of hydrogen-bond donors (Lipinski definition) is 0. The number of halogens is 1. The number of nitro groups is 1. The lowest BCUT2D eigenvalue weighted by Gasteiger charge is -2.11. The minimum absolute atomic E-state index is 0.109. The molecule has 1 aliphatic rings. The van der Waals surface area contributed by atoms with Crippen LogP contribution in [0.25, 0.3) is 0 Å². The van der Waals surface area contributed by atoms with Crippen LogP contribution in [0.1, 0.15) is 31.2 Å². The third kappa shape index (κ3) is 2.79. The molecule has 0 bridgehead atoms. The van der Waals surface area contributed by atoms with Crippen LogP contribution >= 0.6 is 0 Å². The van der Waals surface area contributed by atoms with Crippen molar-refractivity contribution in [3.05, 3.63) is 39.7 Å². The molecule has 2 rings (SSSR count). The second-order valence-corrected chi connectivity index (χ2v) is 4.22. The molecule has 0 atom stereocenters. The van der Waals surface area contributed by atoms with Crippen LogP contribution in [0.2, 0.25) is 0 Å². The van der Waals surface area contributed by atoms with Crippen LogP contribution in [0.15, 0.2) is 18.2 Å². The van der Waals surface area contributed by atoms with Gasteiger partial charge in [-0.15, -0.1) is 0 Å². The number of nitrogens with zero attached hydrogens (tertiary/aromatic N) is 1. The van der Waals surface area contributed by atoms with Gasteiger partial charge in [0.2, 0.25) is 5.82 Å². The summed E-state index contributed by atoms with van der Waals surface area (Å²) < 4.78 is 19.2. The van der Waals surface area contributed by atoms with E-state index in [9.17, 15) is 14.5 Å². The van der Waals surface area contributed by atoms with E-state index in [1.807, 2.05) is 0 Å². The van der Waals surface area contributed by atoms with E-state index < -0.39 is 16.4 Å². The Bertz CT molecular complexity index is 416. The van der Waals surface area contributed by atoms with Crippen molar-refractivity contribution in [2.24, 2.45) is 0 Å². The van der Waals surface area contributed by atoms with Crippen LogP contribution in [0.3, 0.4) is 0 Å². The number of rotatable bonds is 4. The normalized spacial score (nSPS) is 16.3. The Balaban J connectivity index is 2.04. The molecule has 1 saturated carbocycles. The molecule has 1 aromatic carbocycles. The third-order valence-corrected chi connectivity index (χ3v) is 3.03. The highest BCUT2D eigenvalue weighted by atomic mass is 19.1. The quantitative estimate of drug-likeness (QED) is 0.599. The molecule has 1 aliphatic carbocycles. The Hall–Kier alpha value is -1.49. The summed E-state index contributed by atoms with van der Waals surface area (Å²) in [5.41, 5.74) is -0.233. The standard InChI is InChI=1S/C12H14FNO3/c13-12-9(4-3-7-11(12)14(15)16)8-17-10-5-1-2-6-10/h3-4,7,10H,1-2,5-6,8H2. The smallest absolute Gasteiger partial charge is 0.305 e. The second kappa shape index (κ2) is 5.23. The maximum atomic E-state index is 13.7. The van der Waals surface area contributed by atoms with Gasteiger partial charge < -0.3 is 4.74 Å². The summed E-state index contributed by atoms with van der Waals surface area (Å²) in [6.07, 6.45) is 4.45. The molecule has 92 valence electrons. The van der Waals surface area contributed by atoms with E-state index in [0.717, 1.165) is 31.7 Å². The largest absolute Gasteiger partial charge is 0.373 e. The molecule has 0 aromatic heterocycles. The minimum Gasteiger partial charge on any atom is -0.373 e. The summed E-state index contributed by atoms with van der Waals surface area (Å²) in [6.45, 7) is 0.109. The van der Waals surface area contributed by atoms with Crippen molar-refractivity contribution < 1.29 is 14.1 Å². The first-order valence-electron chi connectivity index (χ1n) is 5.72. The van der Waals surface area contributed by atoms with Gasteiger partial charge in [-0.25, -0.2) is 0 Å². The Morgan fingerprint density at radius 3 is 2.76 bits per heavy atom. The lowest BCUT2D eigenvalue weighted by molar-refractivity contribution is -0.387. The maximum absolute atomic E-state index is 13.7. The highest BCUT2D eigenvalue weighted by molar-refractivity contribution is 5.36. The Kier molecular flexibility index (Phi) is 3.68. The fourth-order valence-corrected chi connectivity index (χ4v) is 2.08. The van der Waals surface area contributed by atoms with Crippen molar-refractivity contribution in [3.8, 4) is 0 Å². The summed E-state index contributed by atoms with van der Waals surface area (Å²) in [4.78, 5) is 9.85. The minimum atomic E-state index is -0.782. The Morgan fingerprint density at radius 2 is 2.12 bits per heavy atom. The zero-order valence-corrected chi connectivity index (χ0v) is 9.39. The number of ether oxygens (including phenoxy) is 1. The van der Waals surface area contributed by atoms with Crippen LogP contribution in [-0.2, 0) is 11.3 Å². The third-order valence-electron chi connectivity index (χ3n) is 3.03. The van der Waals surface area contributed by atoms with E-state index in [1.165, 1.54) is 12.1 Å². The first kappa shape index (κ1) is 12.0.